The number of nitrogens with one attached hydrogen (secondary N) is 2. The molecule has 2 aromatic heterocycles. The first-order chi connectivity index (χ1) is 10.4. The predicted molar refractivity (Wildman–Crippen MR) is 90.1 cm³/mol. The van der Waals surface area contributed by atoms with E-state index >= 15 is 0 Å². The van der Waals surface area contributed by atoms with Crippen LogP contribution in [0.5, 0.6) is 0 Å². The Hall–Kier alpha value is -1.44. The van der Waals surface area contributed by atoms with Crippen LogP contribution in [0.4, 0.5) is 4.79 Å². The molecule has 2 amide bonds. The van der Waals surface area contributed by atoms with Gasteiger partial charge in [0.2, 0.25) is 0 Å². The lowest BCUT2D eigenvalue weighted by Crippen LogP contribution is -2.44. The number of rotatable bonds is 6. The van der Waals surface area contributed by atoms with Crippen LogP contribution >= 0.6 is 22.7 Å². The third-order valence-electron chi connectivity index (χ3n) is 3.36. The zero-order valence-electron chi connectivity index (χ0n) is 12.9. The van der Waals surface area contributed by atoms with Crippen LogP contribution in [0, 0.1) is 12.3 Å². The molecule has 0 aliphatic rings. The largest absolute Gasteiger partial charge is 0.396 e. The number of amides is 2. The summed E-state index contributed by atoms with van der Waals surface area (Å²) < 4.78 is 0. The summed E-state index contributed by atoms with van der Waals surface area (Å²) in [4.78, 5) is 17.5. The number of nitrogens with zero attached hydrogens (tertiary/aromatic N) is 1. The molecule has 2 heterocycles. The quantitative estimate of drug-likeness (QED) is 0.757. The molecule has 0 saturated heterocycles. The Bertz CT molecular complexity index is 608. The number of carbonyl (C=O) groups is 1. The van der Waals surface area contributed by atoms with Crippen molar-refractivity contribution >= 4 is 28.7 Å². The zero-order valence-corrected chi connectivity index (χ0v) is 14.6. The Morgan fingerprint density at radius 1 is 1.45 bits per heavy atom. The lowest BCUT2D eigenvalue weighted by molar-refractivity contribution is 0.119. The van der Waals surface area contributed by atoms with Crippen LogP contribution in [0.3, 0.4) is 0 Å². The van der Waals surface area contributed by atoms with Crippen LogP contribution in [0.25, 0.3) is 0 Å². The number of aliphatic hydroxyl groups excluding tert-OH is 1. The van der Waals surface area contributed by atoms with Gasteiger partial charge in [0.05, 0.1) is 19.2 Å². The maximum atomic E-state index is 12.2. The fraction of sp³-hybridized carbons (Fsp3) is 0.467. The summed E-state index contributed by atoms with van der Waals surface area (Å²) in [5.41, 5.74) is 0.514. The standard InChI is InChI=1S/C15H21N3O2S2/c1-10-8-22-12(17-10)7-16-14(20)18-13(15(2,3)9-19)11-5-4-6-21-11/h4-6,8,13,19H,7,9H2,1-3H3,(H2,16,18,20). The molecule has 1 atom stereocenters. The van der Waals surface area contributed by atoms with E-state index in [4.69, 9.17) is 0 Å². The number of aromatic nitrogens is 1. The number of aliphatic hydroxyl groups is 1. The summed E-state index contributed by atoms with van der Waals surface area (Å²) in [5.74, 6) is 0. The van der Waals surface area contributed by atoms with Gasteiger partial charge in [0, 0.05) is 21.4 Å². The van der Waals surface area contributed by atoms with Crippen molar-refractivity contribution in [2.45, 2.75) is 33.4 Å². The van der Waals surface area contributed by atoms with E-state index < -0.39 is 5.41 Å². The first kappa shape index (κ1) is 16.9. The minimum atomic E-state index is -0.444. The first-order valence-corrected chi connectivity index (χ1v) is 8.78. The highest BCUT2D eigenvalue weighted by atomic mass is 32.1. The summed E-state index contributed by atoms with van der Waals surface area (Å²) in [6.45, 7) is 6.18. The van der Waals surface area contributed by atoms with Crippen molar-refractivity contribution in [2.75, 3.05) is 6.61 Å². The smallest absolute Gasteiger partial charge is 0.315 e. The Morgan fingerprint density at radius 3 is 2.77 bits per heavy atom. The summed E-state index contributed by atoms with van der Waals surface area (Å²) in [6.07, 6.45) is 0. The average molecular weight is 339 g/mol. The van der Waals surface area contributed by atoms with Crippen molar-refractivity contribution in [1.82, 2.24) is 15.6 Å². The summed E-state index contributed by atoms with van der Waals surface area (Å²) in [7, 11) is 0. The van der Waals surface area contributed by atoms with E-state index in [1.54, 1.807) is 11.3 Å². The van der Waals surface area contributed by atoms with Crippen LogP contribution in [0.15, 0.2) is 22.9 Å². The third-order valence-corrected chi connectivity index (χ3v) is 5.26. The van der Waals surface area contributed by atoms with E-state index in [-0.39, 0.29) is 18.7 Å². The molecule has 5 nitrogen and oxygen atoms in total. The molecule has 0 radical (unpaired) electrons. The molecule has 2 aromatic rings. The minimum absolute atomic E-state index is 0.0124. The van der Waals surface area contributed by atoms with Gasteiger partial charge in [-0.1, -0.05) is 19.9 Å². The Labute approximate surface area is 138 Å². The number of thiophene rings is 1. The summed E-state index contributed by atoms with van der Waals surface area (Å²) >= 11 is 3.10. The third kappa shape index (κ3) is 4.28. The van der Waals surface area contributed by atoms with Crippen LogP contribution in [-0.2, 0) is 6.54 Å². The second kappa shape index (κ2) is 7.21. The number of urea groups is 1. The van der Waals surface area contributed by atoms with Crippen LogP contribution in [0.2, 0.25) is 0 Å². The molecule has 3 N–H and O–H groups in total. The summed E-state index contributed by atoms with van der Waals surface area (Å²) in [6, 6.07) is 3.42. The topological polar surface area (TPSA) is 74.2 Å². The molecule has 0 aliphatic carbocycles. The molecule has 0 aromatic carbocycles. The highest BCUT2D eigenvalue weighted by molar-refractivity contribution is 7.10. The molecule has 22 heavy (non-hydrogen) atoms. The van der Waals surface area contributed by atoms with E-state index in [1.807, 2.05) is 43.7 Å². The zero-order chi connectivity index (χ0) is 16.2. The Morgan fingerprint density at radius 2 is 2.23 bits per heavy atom. The van der Waals surface area contributed by atoms with Crippen molar-refractivity contribution < 1.29 is 9.90 Å². The van der Waals surface area contributed by atoms with E-state index in [0.29, 0.717) is 6.54 Å². The van der Waals surface area contributed by atoms with Gasteiger partial charge in [-0.25, -0.2) is 9.78 Å². The van der Waals surface area contributed by atoms with Gasteiger partial charge in [0.15, 0.2) is 0 Å². The highest BCUT2D eigenvalue weighted by Gasteiger charge is 2.32. The van der Waals surface area contributed by atoms with Gasteiger partial charge in [0.1, 0.15) is 5.01 Å². The first-order valence-electron chi connectivity index (χ1n) is 7.02. The van der Waals surface area contributed by atoms with E-state index in [9.17, 15) is 9.90 Å². The molecular formula is C15H21N3O2S2. The normalized spacial score (nSPS) is 12.9. The second-order valence-corrected chi connectivity index (χ2v) is 7.73. The maximum absolute atomic E-state index is 12.2. The maximum Gasteiger partial charge on any atom is 0.315 e. The van der Waals surface area contributed by atoms with Crippen LogP contribution in [0.1, 0.15) is 35.5 Å². The van der Waals surface area contributed by atoms with Gasteiger partial charge in [0.25, 0.3) is 0 Å². The SMILES string of the molecule is Cc1csc(CNC(=O)NC(c2cccs2)C(C)(C)CO)n1. The molecule has 7 heteroatoms. The Kier molecular flexibility index (Phi) is 5.55. The van der Waals surface area contributed by atoms with Gasteiger partial charge in [-0.3, -0.25) is 0 Å². The number of hydrogen-bond donors (Lipinski definition) is 3. The molecule has 0 bridgehead atoms. The summed E-state index contributed by atoms with van der Waals surface area (Å²) in [5, 5.41) is 20.2. The van der Waals surface area contributed by atoms with Crippen LogP contribution < -0.4 is 10.6 Å². The number of carbonyl (C=O) groups excluding carboxylic acids is 1. The lowest BCUT2D eigenvalue weighted by Gasteiger charge is -2.32. The fourth-order valence-corrected chi connectivity index (χ4v) is 3.72. The number of thiazole rings is 1. The van der Waals surface area contributed by atoms with Gasteiger partial charge in [-0.15, -0.1) is 22.7 Å². The van der Waals surface area contributed by atoms with E-state index in [1.165, 1.54) is 11.3 Å². The van der Waals surface area contributed by atoms with Crippen molar-refractivity contribution in [3.05, 3.63) is 38.5 Å². The molecular weight excluding hydrogens is 318 g/mol. The monoisotopic (exact) mass is 339 g/mol. The average Bonchev–Trinajstić information content (AvgIpc) is 3.14. The minimum Gasteiger partial charge on any atom is -0.396 e. The van der Waals surface area contributed by atoms with E-state index in [0.717, 1.165) is 15.6 Å². The van der Waals surface area contributed by atoms with Crippen molar-refractivity contribution in [3.8, 4) is 0 Å². The number of hydrogen-bond acceptors (Lipinski definition) is 5. The van der Waals surface area contributed by atoms with Gasteiger partial charge < -0.3 is 15.7 Å². The van der Waals surface area contributed by atoms with Gasteiger partial charge in [-0.05, 0) is 18.4 Å². The van der Waals surface area contributed by atoms with Crippen molar-refractivity contribution in [3.63, 3.8) is 0 Å². The molecule has 0 saturated carbocycles. The molecule has 0 fully saturated rings. The molecule has 0 spiro atoms. The van der Waals surface area contributed by atoms with Crippen LogP contribution in [-0.4, -0.2) is 22.7 Å². The van der Waals surface area contributed by atoms with E-state index in [2.05, 4.69) is 15.6 Å². The Balaban J connectivity index is 1.99. The van der Waals surface area contributed by atoms with Crippen molar-refractivity contribution in [1.29, 1.82) is 0 Å². The predicted octanol–water partition coefficient (Wildman–Crippen LogP) is 3.07. The number of aryl methyl sites for hydroxylation is 1. The molecule has 120 valence electrons. The van der Waals surface area contributed by atoms with Crippen molar-refractivity contribution in [2.24, 2.45) is 5.41 Å². The van der Waals surface area contributed by atoms with Gasteiger partial charge in [-0.2, -0.15) is 0 Å². The molecule has 1 unspecified atom stereocenters. The second-order valence-electron chi connectivity index (χ2n) is 5.80. The highest BCUT2D eigenvalue weighted by Crippen LogP contribution is 2.35. The van der Waals surface area contributed by atoms with Gasteiger partial charge >= 0.3 is 6.03 Å². The lowest BCUT2D eigenvalue weighted by atomic mass is 9.84. The molecule has 0 aliphatic heterocycles. The molecule has 2 rings (SSSR count). The fourth-order valence-electron chi connectivity index (χ4n) is 2.02.